The lowest BCUT2D eigenvalue weighted by molar-refractivity contribution is -0.127. The molecule has 1 N–H and O–H groups in total. The van der Waals surface area contributed by atoms with Crippen LogP contribution >= 0.6 is 0 Å². The molecule has 0 bridgehead atoms. The zero-order chi connectivity index (χ0) is 21.5. The minimum Gasteiger partial charge on any atom is -0.497 e. The number of amides is 1. The number of nitrogens with zero attached hydrogens (tertiary/aromatic N) is 2. The Hall–Kier alpha value is -3.61. The van der Waals surface area contributed by atoms with Crippen LogP contribution in [0.2, 0.25) is 0 Å². The van der Waals surface area contributed by atoms with Crippen molar-refractivity contribution in [1.29, 1.82) is 0 Å². The molecule has 7 heteroatoms. The highest BCUT2D eigenvalue weighted by Gasteiger charge is 2.17. The molecule has 0 spiro atoms. The number of carbonyl (C=O) groups is 1. The third kappa shape index (κ3) is 5.26. The van der Waals surface area contributed by atoms with Gasteiger partial charge in [-0.15, -0.1) is 0 Å². The predicted molar refractivity (Wildman–Crippen MR) is 114 cm³/mol. The molecule has 1 amide bonds. The monoisotopic (exact) mass is 407 g/mol. The number of aryl methyl sites for hydroxylation is 1. The molecule has 0 fully saturated rings. The van der Waals surface area contributed by atoms with Crippen LogP contribution in [0.25, 0.3) is 11.3 Å². The Morgan fingerprint density at radius 2 is 1.77 bits per heavy atom. The number of hydrogen-bond acceptors (Lipinski definition) is 6. The highest BCUT2D eigenvalue weighted by molar-refractivity contribution is 5.80. The summed E-state index contributed by atoms with van der Waals surface area (Å²) in [6.07, 6.45) is 0.794. The summed E-state index contributed by atoms with van der Waals surface area (Å²) in [5, 5.41) is 2.85. The van der Waals surface area contributed by atoms with E-state index in [-0.39, 0.29) is 12.5 Å². The summed E-state index contributed by atoms with van der Waals surface area (Å²) in [5.41, 5.74) is 3.46. The standard InChI is InChI=1S/C23H25N3O4/c1-15-5-10-21(22(11-15)29-4)30-16(2)23(27)24-13-18-12-20(26-14-25-18)17-6-8-19(28-3)9-7-17/h5-12,14,16H,13H2,1-4H3,(H,24,27). The molecule has 2 aromatic carbocycles. The zero-order valence-electron chi connectivity index (χ0n) is 17.5. The van der Waals surface area contributed by atoms with Crippen molar-refractivity contribution in [1.82, 2.24) is 15.3 Å². The lowest BCUT2D eigenvalue weighted by Gasteiger charge is -2.17. The van der Waals surface area contributed by atoms with E-state index in [2.05, 4.69) is 15.3 Å². The molecule has 156 valence electrons. The smallest absolute Gasteiger partial charge is 0.261 e. The largest absolute Gasteiger partial charge is 0.497 e. The van der Waals surface area contributed by atoms with Crippen LogP contribution in [0.15, 0.2) is 54.9 Å². The van der Waals surface area contributed by atoms with E-state index in [0.29, 0.717) is 17.2 Å². The molecule has 0 aliphatic heterocycles. The summed E-state index contributed by atoms with van der Waals surface area (Å²) in [6.45, 7) is 3.92. The molecule has 1 aromatic heterocycles. The summed E-state index contributed by atoms with van der Waals surface area (Å²) in [5.74, 6) is 1.64. The first-order valence-corrected chi connectivity index (χ1v) is 9.54. The van der Waals surface area contributed by atoms with Crippen molar-refractivity contribution in [3.05, 3.63) is 66.1 Å². The van der Waals surface area contributed by atoms with E-state index in [1.54, 1.807) is 27.2 Å². The molecule has 0 radical (unpaired) electrons. The molecule has 0 aliphatic rings. The van der Waals surface area contributed by atoms with Gasteiger partial charge in [-0.3, -0.25) is 4.79 Å². The fourth-order valence-electron chi connectivity index (χ4n) is 2.85. The fraction of sp³-hybridized carbons (Fsp3) is 0.261. The van der Waals surface area contributed by atoms with Crippen LogP contribution in [0.3, 0.4) is 0 Å². The van der Waals surface area contributed by atoms with E-state index in [0.717, 1.165) is 22.6 Å². The number of ether oxygens (including phenoxy) is 3. The van der Waals surface area contributed by atoms with Gasteiger partial charge in [0.05, 0.1) is 32.2 Å². The molecule has 7 nitrogen and oxygen atoms in total. The number of hydrogen-bond donors (Lipinski definition) is 1. The van der Waals surface area contributed by atoms with Gasteiger partial charge in [0.15, 0.2) is 17.6 Å². The van der Waals surface area contributed by atoms with Gasteiger partial charge in [0.25, 0.3) is 5.91 Å². The van der Waals surface area contributed by atoms with Crippen LogP contribution in [0.4, 0.5) is 0 Å². The average Bonchev–Trinajstić information content (AvgIpc) is 2.78. The fourth-order valence-corrected chi connectivity index (χ4v) is 2.85. The van der Waals surface area contributed by atoms with Crippen molar-refractivity contribution in [3.63, 3.8) is 0 Å². The molecular weight excluding hydrogens is 382 g/mol. The summed E-state index contributed by atoms with van der Waals surface area (Å²) in [6, 6.07) is 15.0. The Morgan fingerprint density at radius 1 is 1.00 bits per heavy atom. The van der Waals surface area contributed by atoms with E-state index in [1.807, 2.05) is 49.4 Å². The van der Waals surface area contributed by atoms with Crippen molar-refractivity contribution in [3.8, 4) is 28.5 Å². The molecule has 1 unspecified atom stereocenters. The van der Waals surface area contributed by atoms with Gasteiger partial charge in [0.2, 0.25) is 0 Å². The van der Waals surface area contributed by atoms with Crippen LogP contribution in [0, 0.1) is 6.92 Å². The minimum absolute atomic E-state index is 0.248. The summed E-state index contributed by atoms with van der Waals surface area (Å²) in [4.78, 5) is 21.0. The third-order valence-corrected chi connectivity index (χ3v) is 4.55. The van der Waals surface area contributed by atoms with Gasteiger partial charge < -0.3 is 19.5 Å². The van der Waals surface area contributed by atoms with Gasteiger partial charge in [-0.1, -0.05) is 6.07 Å². The summed E-state index contributed by atoms with van der Waals surface area (Å²) in [7, 11) is 3.20. The SMILES string of the molecule is COc1ccc(-c2cc(CNC(=O)C(C)Oc3ccc(C)cc3OC)ncn2)cc1. The second-order valence-electron chi connectivity index (χ2n) is 6.76. The number of benzene rings is 2. The maximum absolute atomic E-state index is 12.5. The van der Waals surface area contributed by atoms with Crippen LogP contribution < -0.4 is 19.5 Å². The second-order valence-corrected chi connectivity index (χ2v) is 6.76. The molecule has 1 heterocycles. The number of aromatic nitrogens is 2. The first-order valence-electron chi connectivity index (χ1n) is 9.54. The maximum atomic E-state index is 12.5. The summed E-state index contributed by atoms with van der Waals surface area (Å²) < 4.78 is 16.3. The topological polar surface area (TPSA) is 82.6 Å². The van der Waals surface area contributed by atoms with E-state index in [1.165, 1.54) is 6.33 Å². The lowest BCUT2D eigenvalue weighted by atomic mass is 10.1. The Morgan fingerprint density at radius 3 is 2.47 bits per heavy atom. The Kier molecular flexibility index (Phi) is 6.85. The van der Waals surface area contributed by atoms with Crippen molar-refractivity contribution in [2.45, 2.75) is 26.5 Å². The van der Waals surface area contributed by atoms with Gasteiger partial charge in [0.1, 0.15) is 12.1 Å². The van der Waals surface area contributed by atoms with Crippen LogP contribution in [0.5, 0.6) is 17.2 Å². The second kappa shape index (κ2) is 9.73. The maximum Gasteiger partial charge on any atom is 0.261 e. The molecule has 0 saturated heterocycles. The lowest BCUT2D eigenvalue weighted by Crippen LogP contribution is -2.36. The van der Waals surface area contributed by atoms with Crippen molar-refractivity contribution in [2.24, 2.45) is 0 Å². The number of nitrogens with one attached hydrogen (secondary N) is 1. The van der Waals surface area contributed by atoms with E-state index < -0.39 is 6.10 Å². The molecule has 0 saturated carbocycles. The molecule has 3 aromatic rings. The molecular formula is C23H25N3O4. The Bertz CT molecular complexity index is 1010. The zero-order valence-corrected chi connectivity index (χ0v) is 17.5. The predicted octanol–water partition coefficient (Wildman–Crippen LogP) is 3.55. The van der Waals surface area contributed by atoms with E-state index >= 15 is 0 Å². The Balaban J connectivity index is 1.61. The van der Waals surface area contributed by atoms with Crippen LogP contribution in [-0.2, 0) is 11.3 Å². The average molecular weight is 407 g/mol. The van der Waals surface area contributed by atoms with E-state index in [4.69, 9.17) is 14.2 Å². The highest BCUT2D eigenvalue weighted by atomic mass is 16.5. The first-order chi connectivity index (χ1) is 14.5. The van der Waals surface area contributed by atoms with Crippen molar-refractivity contribution >= 4 is 5.91 Å². The number of carbonyl (C=O) groups excluding carboxylic acids is 1. The first kappa shape index (κ1) is 21.1. The van der Waals surface area contributed by atoms with Crippen molar-refractivity contribution < 1.29 is 19.0 Å². The van der Waals surface area contributed by atoms with Gasteiger partial charge in [-0.2, -0.15) is 0 Å². The molecule has 1 atom stereocenters. The number of methoxy groups -OCH3 is 2. The third-order valence-electron chi connectivity index (χ3n) is 4.55. The summed E-state index contributed by atoms with van der Waals surface area (Å²) >= 11 is 0. The molecule has 0 aliphatic carbocycles. The van der Waals surface area contributed by atoms with Gasteiger partial charge in [-0.05, 0) is 61.9 Å². The number of rotatable bonds is 8. The Labute approximate surface area is 176 Å². The molecule has 30 heavy (non-hydrogen) atoms. The van der Waals surface area contributed by atoms with Crippen molar-refractivity contribution in [2.75, 3.05) is 14.2 Å². The van der Waals surface area contributed by atoms with Gasteiger partial charge in [-0.25, -0.2) is 9.97 Å². The van der Waals surface area contributed by atoms with Crippen LogP contribution in [-0.4, -0.2) is 36.2 Å². The highest BCUT2D eigenvalue weighted by Crippen LogP contribution is 2.28. The van der Waals surface area contributed by atoms with E-state index in [9.17, 15) is 4.79 Å². The normalized spacial score (nSPS) is 11.5. The quantitative estimate of drug-likeness (QED) is 0.615. The van der Waals surface area contributed by atoms with Crippen LogP contribution in [0.1, 0.15) is 18.2 Å². The van der Waals surface area contributed by atoms with Gasteiger partial charge in [0, 0.05) is 5.56 Å². The van der Waals surface area contributed by atoms with Gasteiger partial charge >= 0.3 is 0 Å². The minimum atomic E-state index is -0.690. The molecule has 3 rings (SSSR count).